The summed E-state index contributed by atoms with van der Waals surface area (Å²) in [7, 11) is 0. The Labute approximate surface area is 208 Å². The number of likely N-dealkylation sites (tertiary alicyclic amines) is 1. The minimum atomic E-state index is -0.456. The van der Waals surface area contributed by atoms with Gasteiger partial charge in [0.05, 0.1) is 5.92 Å². The Hall–Kier alpha value is -2.68. The number of carbonyl (C=O) groups excluding carboxylic acids is 3. The number of carbonyl (C=O) groups is 3. The van der Waals surface area contributed by atoms with Gasteiger partial charge in [-0.25, -0.2) is 9.78 Å². The Morgan fingerprint density at radius 3 is 2.57 bits per heavy atom. The molecule has 35 heavy (non-hydrogen) atoms. The van der Waals surface area contributed by atoms with E-state index in [1.165, 1.54) is 0 Å². The van der Waals surface area contributed by atoms with Crippen LogP contribution < -0.4 is 10.2 Å². The molecular formula is C26H39N5O4. The summed E-state index contributed by atoms with van der Waals surface area (Å²) in [5, 5.41) is 2.45. The van der Waals surface area contributed by atoms with E-state index in [1.54, 1.807) is 6.20 Å². The zero-order chi connectivity index (χ0) is 25.0. The number of hydrogen-bond donors (Lipinski definition) is 1. The van der Waals surface area contributed by atoms with Crippen molar-refractivity contribution in [2.75, 3.05) is 50.7 Å². The first-order valence-corrected chi connectivity index (χ1v) is 12.9. The summed E-state index contributed by atoms with van der Waals surface area (Å²) in [4.78, 5) is 47.4. The zero-order valence-corrected chi connectivity index (χ0v) is 21.3. The fraction of sp³-hybridized carbons (Fsp3) is 0.692. The quantitative estimate of drug-likeness (QED) is 0.655. The van der Waals surface area contributed by atoms with Crippen LogP contribution in [0.4, 0.5) is 10.6 Å². The van der Waals surface area contributed by atoms with Crippen LogP contribution in [0.15, 0.2) is 18.3 Å². The first kappa shape index (κ1) is 25.4. The molecule has 0 aromatic carbocycles. The van der Waals surface area contributed by atoms with E-state index < -0.39 is 5.60 Å². The van der Waals surface area contributed by atoms with E-state index in [0.29, 0.717) is 18.8 Å². The van der Waals surface area contributed by atoms with Crippen LogP contribution in [0.5, 0.6) is 0 Å². The van der Waals surface area contributed by atoms with Gasteiger partial charge in [-0.15, -0.1) is 0 Å². The number of pyridine rings is 1. The number of imide groups is 1. The molecule has 9 heteroatoms. The standard InChI is InChI=1S/C26H39N5O4/c1-26(2,3)35-25(34)31-13-8-19(9-14-31)18-29-11-4-12-30(16-15-29)22-17-20(7-10-27-22)21-5-6-23(32)28-24(21)33/h7,10,17,19,21H,4-6,8-9,11-16,18H2,1-3H3,(H,28,32,33). The Morgan fingerprint density at radius 2 is 1.86 bits per heavy atom. The number of nitrogens with zero attached hydrogens (tertiary/aromatic N) is 4. The second kappa shape index (κ2) is 10.9. The Kier molecular flexibility index (Phi) is 7.94. The van der Waals surface area contributed by atoms with Gasteiger partial charge in [0.15, 0.2) is 0 Å². The SMILES string of the molecule is CC(C)(C)OC(=O)N1CCC(CN2CCCN(c3cc(C4CCC(=O)NC4=O)ccn3)CC2)CC1. The van der Waals surface area contributed by atoms with E-state index in [-0.39, 0.29) is 23.8 Å². The largest absolute Gasteiger partial charge is 0.444 e. The van der Waals surface area contributed by atoms with Crippen molar-refractivity contribution in [3.05, 3.63) is 23.9 Å². The number of amides is 3. The molecule has 1 aromatic rings. The molecule has 3 fully saturated rings. The van der Waals surface area contributed by atoms with E-state index in [4.69, 9.17) is 4.74 Å². The molecule has 1 aromatic heterocycles. The average Bonchev–Trinajstić information content (AvgIpc) is 3.04. The molecule has 0 aliphatic carbocycles. The van der Waals surface area contributed by atoms with Crippen molar-refractivity contribution < 1.29 is 19.1 Å². The van der Waals surface area contributed by atoms with Gasteiger partial charge in [0.2, 0.25) is 11.8 Å². The molecule has 1 atom stereocenters. The fourth-order valence-electron chi connectivity index (χ4n) is 5.21. The molecule has 0 saturated carbocycles. The maximum atomic E-state index is 12.3. The van der Waals surface area contributed by atoms with Gasteiger partial charge < -0.3 is 19.4 Å². The Bertz CT molecular complexity index is 923. The van der Waals surface area contributed by atoms with Gasteiger partial charge in [0.25, 0.3) is 0 Å². The van der Waals surface area contributed by atoms with Crippen molar-refractivity contribution in [2.45, 2.75) is 64.4 Å². The summed E-state index contributed by atoms with van der Waals surface area (Å²) in [5.74, 6) is 0.806. The monoisotopic (exact) mass is 485 g/mol. The highest BCUT2D eigenvalue weighted by Gasteiger charge is 2.30. The van der Waals surface area contributed by atoms with E-state index in [2.05, 4.69) is 20.1 Å². The zero-order valence-electron chi connectivity index (χ0n) is 21.3. The number of nitrogens with one attached hydrogen (secondary N) is 1. The van der Waals surface area contributed by atoms with Crippen molar-refractivity contribution in [1.29, 1.82) is 0 Å². The molecule has 3 amide bonds. The molecular weight excluding hydrogens is 446 g/mol. The van der Waals surface area contributed by atoms with Crippen LogP contribution in [0.2, 0.25) is 0 Å². The van der Waals surface area contributed by atoms with E-state index in [0.717, 1.165) is 76.5 Å². The number of rotatable bonds is 4. The van der Waals surface area contributed by atoms with E-state index in [1.807, 2.05) is 37.8 Å². The van der Waals surface area contributed by atoms with Crippen molar-refractivity contribution in [2.24, 2.45) is 5.92 Å². The highest BCUT2D eigenvalue weighted by molar-refractivity contribution is 6.00. The third-order valence-corrected chi connectivity index (χ3v) is 7.11. The van der Waals surface area contributed by atoms with E-state index >= 15 is 0 Å². The van der Waals surface area contributed by atoms with Crippen molar-refractivity contribution in [3.63, 3.8) is 0 Å². The Balaban J connectivity index is 1.27. The van der Waals surface area contributed by atoms with Crippen LogP contribution in [0.1, 0.15) is 64.4 Å². The fourth-order valence-corrected chi connectivity index (χ4v) is 5.21. The van der Waals surface area contributed by atoms with Crippen LogP contribution in [-0.4, -0.2) is 84.1 Å². The molecule has 1 N–H and O–H groups in total. The molecule has 4 heterocycles. The average molecular weight is 486 g/mol. The lowest BCUT2D eigenvalue weighted by molar-refractivity contribution is -0.134. The third-order valence-electron chi connectivity index (χ3n) is 7.11. The molecule has 3 aliphatic heterocycles. The van der Waals surface area contributed by atoms with Crippen molar-refractivity contribution in [1.82, 2.24) is 20.1 Å². The van der Waals surface area contributed by atoms with Crippen LogP contribution in [0, 0.1) is 5.92 Å². The first-order chi connectivity index (χ1) is 16.7. The number of piperidine rings is 2. The van der Waals surface area contributed by atoms with Gasteiger partial charge in [-0.05, 0) is 76.6 Å². The molecule has 9 nitrogen and oxygen atoms in total. The van der Waals surface area contributed by atoms with E-state index in [9.17, 15) is 14.4 Å². The highest BCUT2D eigenvalue weighted by Crippen LogP contribution is 2.27. The molecule has 0 bridgehead atoms. The van der Waals surface area contributed by atoms with Crippen LogP contribution in [0.25, 0.3) is 0 Å². The van der Waals surface area contributed by atoms with Crippen molar-refractivity contribution in [3.8, 4) is 0 Å². The summed E-state index contributed by atoms with van der Waals surface area (Å²) in [6, 6.07) is 3.90. The van der Waals surface area contributed by atoms with Crippen molar-refractivity contribution >= 4 is 23.7 Å². The van der Waals surface area contributed by atoms with Gasteiger partial charge in [-0.3, -0.25) is 14.9 Å². The normalized spacial score (nSPS) is 23.1. The topological polar surface area (TPSA) is 95.1 Å². The smallest absolute Gasteiger partial charge is 0.410 e. The van der Waals surface area contributed by atoms with Gasteiger partial charge in [-0.2, -0.15) is 0 Å². The van der Waals surface area contributed by atoms with Gasteiger partial charge in [-0.1, -0.05) is 0 Å². The molecule has 4 rings (SSSR count). The number of aromatic nitrogens is 1. The Morgan fingerprint density at radius 1 is 1.09 bits per heavy atom. The summed E-state index contributed by atoms with van der Waals surface area (Å²) in [5.41, 5.74) is 0.472. The minimum Gasteiger partial charge on any atom is -0.444 e. The molecule has 1 unspecified atom stereocenters. The minimum absolute atomic E-state index is 0.191. The van der Waals surface area contributed by atoms with Gasteiger partial charge >= 0.3 is 6.09 Å². The maximum absolute atomic E-state index is 12.3. The van der Waals surface area contributed by atoms with Gasteiger partial charge in [0.1, 0.15) is 11.4 Å². The summed E-state index contributed by atoms with van der Waals surface area (Å²) in [6.45, 7) is 12.1. The lowest BCUT2D eigenvalue weighted by Gasteiger charge is -2.35. The van der Waals surface area contributed by atoms with Crippen LogP contribution in [0.3, 0.4) is 0 Å². The summed E-state index contributed by atoms with van der Waals surface area (Å²) in [6.07, 6.45) is 5.58. The van der Waals surface area contributed by atoms with Gasteiger partial charge in [0, 0.05) is 51.9 Å². The van der Waals surface area contributed by atoms with Crippen LogP contribution in [-0.2, 0) is 14.3 Å². The summed E-state index contributed by atoms with van der Waals surface area (Å²) >= 11 is 0. The molecule has 0 radical (unpaired) electrons. The number of anilines is 1. The second-order valence-corrected chi connectivity index (χ2v) is 11.0. The molecule has 0 spiro atoms. The molecule has 192 valence electrons. The maximum Gasteiger partial charge on any atom is 0.410 e. The lowest BCUT2D eigenvalue weighted by atomic mass is 9.91. The molecule has 3 saturated heterocycles. The summed E-state index contributed by atoms with van der Waals surface area (Å²) < 4.78 is 5.52. The van der Waals surface area contributed by atoms with Crippen LogP contribution >= 0.6 is 0 Å². The first-order valence-electron chi connectivity index (χ1n) is 12.9. The predicted molar refractivity (Wildman–Crippen MR) is 133 cm³/mol. The number of hydrogen-bond acceptors (Lipinski definition) is 7. The number of ether oxygens (including phenoxy) is 1. The lowest BCUT2D eigenvalue weighted by Crippen LogP contribution is -2.44. The second-order valence-electron chi connectivity index (χ2n) is 11.0. The molecule has 3 aliphatic rings. The third kappa shape index (κ3) is 6.93. The predicted octanol–water partition coefficient (Wildman–Crippen LogP) is 2.76. The highest BCUT2D eigenvalue weighted by atomic mass is 16.6.